The van der Waals surface area contributed by atoms with Crippen molar-refractivity contribution in [3.8, 4) is 5.75 Å². The van der Waals surface area contributed by atoms with Gasteiger partial charge in [-0.15, -0.1) is 0 Å². The Morgan fingerprint density at radius 1 is 1.13 bits per heavy atom. The Bertz CT molecular complexity index is 663. The Morgan fingerprint density at radius 2 is 1.83 bits per heavy atom. The summed E-state index contributed by atoms with van der Waals surface area (Å²) in [5, 5.41) is 5.75. The van der Waals surface area contributed by atoms with Gasteiger partial charge in [-0.1, -0.05) is 49.7 Å². The summed E-state index contributed by atoms with van der Waals surface area (Å²) in [6, 6.07) is 15.5. The van der Waals surface area contributed by atoms with Gasteiger partial charge in [0.1, 0.15) is 5.75 Å². The van der Waals surface area contributed by atoms with Gasteiger partial charge in [0.05, 0.1) is 7.11 Å². The predicted octanol–water partition coefficient (Wildman–Crippen LogP) is 4.10. The van der Waals surface area contributed by atoms with Gasteiger partial charge in [-0.3, -0.25) is 0 Å². The van der Waals surface area contributed by atoms with Crippen LogP contribution in [-0.2, 0) is 5.41 Å². The molecule has 2 N–H and O–H groups in total. The summed E-state index contributed by atoms with van der Waals surface area (Å²) >= 11 is 0. The van der Waals surface area contributed by atoms with Crippen molar-refractivity contribution in [2.75, 3.05) is 19.0 Å². The smallest absolute Gasteiger partial charge is 0.319 e. The summed E-state index contributed by atoms with van der Waals surface area (Å²) in [5.41, 5.74) is 2.99. The van der Waals surface area contributed by atoms with Gasteiger partial charge in [0, 0.05) is 23.7 Å². The van der Waals surface area contributed by atoms with Crippen molar-refractivity contribution in [1.29, 1.82) is 0 Å². The molecule has 0 heterocycles. The minimum absolute atomic E-state index is 0.139. The molecule has 0 aliphatic rings. The van der Waals surface area contributed by atoms with E-state index in [4.69, 9.17) is 4.74 Å². The lowest BCUT2D eigenvalue weighted by Gasteiger charge is -2.26. The van der Waals surface area contributed by atoms with Crippen molar-refractivity contribution in [1.82, 2.24) is 5.32 Å². The van der Waals surface area contributed by atoms with Gasteiger partial charge in [-0.2, -0.15) is 0 Å². The molecule has 0 atom stereocenters. The van der Waals surface area contributed by atoms with Crippen LogP contribution in [0.1, 0.15) is 25.0 Å². The average Bonchev–Trinajstić information content (AvgIpc) is 2.54. The Labute approximate surface area is 137 Å². The molecule has 0 aromatic heterocycles. The van der Waals surface area contributed by atoms with Crippen molar-refractivity contribution >= 4 is 11.7 Å². The standard InChI is InChI=1S/C19H24N2O2/c1-14-8-10-15(11-9-14)19(2,3)13-20-18(22)21-16-6-5-7-17(12-16)23-4/h5-12H,13H2,1-4H3,(H2,20,21,22). The van der Waals surface area contributed by atoms with Gasteiger partial charge < -0.3 is 15.4 Å². The minimum Gasteiger partial charge on any atom is -0.497 e. The maximum absolute atomic E-state index is 12.1. The van der Waals surface area contributed by atoms with E-state index in [0.29, 0.717) is 18.0 Å². The second-order valence-electron chi connectivity index (χ2n) is 6.29. The lowest BCUT2D eigenvalue weighted by Crippen LogP contribution is -2.38. The molecule has 0 saturated carbocycles. The second-order valence-corrected chi connectivity index (χ2v) is 6.29. The molecule has 2 amide bonds. The van der Waals surface area contributed by atoms with Gasteiger partial charge in [-0.05, 0) is 24.6 Å². The van der Waals surface area contributed by atoms with Crippen molar-refractivity contribution in [2.45, 2.75) is 26.2 Å². The maximum atomic E-state index is 12.1. The molecule has 0 aliphatic carbocycles. The number of benzene rings is 2. The monoisotopic (exact) mass is 312 g/mol. The summed E-state index contributed by atoms with van der Waals surface area (Å²) in [4.78, 5) is 12.1. The van der Waals surface area contributed by atoms with Gasteiger partial charge in [-0.25, -0.2) is 4.79 Å². The summed E-state index contributed by atoms with van der Waals surface area (Å²) in [7, 11) is 1.60. The summed E-state index contributed by atoms with van der Waals surface area (Å²) < 4.78 is 5.15. The molecule has 2 aromatic carbocycles. The van der Waals surface area contributed by atoms with E-state index >= 15 is 0 Å². The molecular formula is C19H24N2O2. The number of carbonyl (C=O) groups excluding carboxylic acids is 1. The topological polar surface area (TPSA) is 50.4 Å². The third-order valence-electron chi connectivity index (χ3n) is 3.85. The molecule has 0 aliphatic heterocycles. The number of nitrogens with one attached hydrogen (secondary N) is 2. The highest BCUT2D eigenvalue weighted by molar-refractivity contribution is 5.89. The van der Waals surface area contributed by atoms with E-state index in [2.05, 4.69) is 55.7 Å². The fourth-order valence-electron chi connectivity index (χ4n) is 2.28. The van der Waals surface area contributed by atoms with E-state index in [1.165, 1.54) is 11.1 Å². The van der Waals surface area contributed by atoms with Crippen LogP contribution in [0.25, 0.3) is 0 Å². The quantitative estimate of drug-likeness (QED) is 0.873. The second kappa shape index (κ2) is 7.18. The first-order valence-corrected chi connectivity index (χ1v) is 7.67. The Balaban J connectivity index is 1.93. The highest BCUT2D eigenvalue weighted by Gasteiger charge is 2.21. The molecule has 0 radical (unpaired) electrons. The van der Waals surface area contributed by atoms with Crippen LogP contribution in [-0.4, -0.2) is 19.7 Å². The molecule has 0 spiro atoms. The van der Waals surface area contributed by atoms with Crippen molar-refractivity contribution < 1.29 is 9.53 Å². The number of methoxy groups -OCH3 is 1. The molecule has 4 nitrogen and oxygen atoms in total. The van der Waals surface area contributed by atoms with Gasteiger partial charge in [0.15, 0.2) is 0 Å². The summed E-state index contributed by atoms with van der Waals surface area (Å²) in [5.74, 6) is 0.711. The van der Waals surface area contributed by atoms with E-state index in [0.717, 1.165) is 0 Å². The number of amides is 2. The van der Waals surface area contributed by atoms with E-state index in [9.17, 15) is 4.79 Å². The first-order valence-electron chi connectivity index (χ1n) is 7.67. The van der Waals surface area contributed by atoms with E-state index in [-0.39, 0.29) is 11.4 Å². The van der Waals surface area contributed by atoms with Gasteiger partial charge >= 0.3 is 6.03 Å². The number of aryl methyl sites for hydroxylation is 1. The lowest BCUT2D eigenvalue weighted by atomic mass is 9.84. The molecule has 2 rings (SSSR count). The molecule has 4 heteroatoms. The fourth-order valence-corrected chi connectivity index (χ4v) is 2.28. The Morgan fingerprint density at radius 3 is 2.48 bits per heavy atom. The van der Waals surface area contributed by atoms with Gasteiger partial charge in [0.2, 0.25) is 0 Å². The molecule has 23 heavy (non-hydrogen) atoms. The number of hydrogen-bond acceptors (Lipinski definition) is 2. The number of carbonyl (C=O) groups is 1. The van der Waals surface area contributed by atoms with Crippen LogP contribution in [0.5, 0.6) is 5.75 Å². The zero-order chi connectivity index (χ0) is 16.9. The zero-order valence-electron chi connectivity index (χ0n) is 14.1. The Hall–Kier alpha value is -2.49. The summed E-state index contributed by atoms with van der Waals surface area (Å²) in [6.07, 6.45) is 0. The van der Waals surface area contributed by atoms with Gasteiger partial charge in [0.25, 0.3) is 0 Å². The molecule has 0 bridgehead atoms. The molecule has 2 aromatic rings. The summed E-state index contributed by atoms with van der Waals surface area (Å²) in [6.45, 7) is 6.84. The van der Waals surface area contributed by atoms with Crippen molar-refractivity contribution in [3.63, 3.8) is 0 Å². The van der Waals surface area contributed by atoms with Crippen LogP contribution in [0.15, 0.2) is 48.5 Å². The number of anilines is 1. The van der Waals surface area contributed by atoms with Crippen molar-refractivity contribution in [2.24, 2.45) is 0 Å². The normalized spacial score (nSPS) is 11.0. The lowest BCUT2D eigenvalue weighted by molar-refractivity contribution is 0.249. The van der Waals surface area contributed by atoms with E-state index < -0.39 is 0 Å². The average molecular weight is 312 g/mol. The highest BCUT2D eigenvalue weighted by atomic mass is 16.5. The van der Waals surface area contributed by atoms with Crippen LogP contribution in [0, 0.1) is 6.92 Å². The maximum Gasteiger partial charge on any atom is 0.319 e. The van der Waals surface area contributed by atoms with E-state index in [1.807, 2.05) is 18.2 Å². The number of hydrogen-bond donors (Lipinski definition) is 2. The zero-order valence-corrected chi connectivity index (χ0v) is 14.1. The van der Waals surface area contributed by atoms with E-state index in [1.54, 1.807) is 13.2 Å². The SMILES string of the molecule is COc1cccc(NC(=O)NCC(C)(C)c2ccc(C)cc2)c1. The third-order valence-corrected chi connectivity index (χ3v) is 3.85. The third kappa shape index (κ3) is 4.74. The van der Waals surface area contributed by atoms with Crippen LogP contribution >= 0.6 is 0 Å². The number of rotatable bonds is 5. The van der Waals surface area contributed by atoms with Crippen molar-refractivity contribution in [3.05, 3.63) is 59.7 Å². The Kier molecular flexibility index (Phi) is 5.27. The minimum atomic E-state index is -0.224. The molecule has 122 valence electrons. The van der Waals surface area contributed by atoms with Crippen LogP contribution in [0.2, 0.25) is 0 Å². The first kappa shape index (κ1) is 16.9. The molecule has 0 fully saturated rings. The molecule has 0 unspecified atom stereocenters. The largest absolute Gasteiger partial charge is 0.497 e. The van der Waals surface area contributed by atoms with Crippen LogP contribution < -0.4 is 15.4 Å². The van der Waals surface area contributed by atoms with Crippen LogP contribution in [0.3, 0.4) is 0 Å². The number of urea groups is 1. The highest BCUT2D eigenvalue weighted by Crippen LogP contribution is 2.22. The van der Waals surface area contributed by atoms with Crippen LogP contribution in [0.4, 0.5) is 10.5 Å². The first-order chi connectivity index (χ1) is 10.9. The molecule has 0 saturated heterocycles. The molecular weight excluding hydrogens is 288 g/mol. The number of ether oxygens (including phenoxy) is 1. The fraction of sp³-hybridized carbons (Fsp3) is 0.316. The predicted molar refractivity (Wildman–Crippen MR) is 94.2 cm³/mol.